The molecule has 16 heavy (non-hydrogen) atoms. The average molecular weight is 224 g/mol. The average Bonchev–Trinajstić information content (AvgIpc) is 2.54. The molecule has 2 heterocycles. The molecule has 0 bridgehead atoms. The molecule has 1 aliphatic heterocycles. The van der Waals surface area contributed by atoms with Gasteiger partial charge in [0.2, 0.25) is 0 Å². The van der Waals surface area contributed by atoms with E-state index in [1.807, 2.05) is 18.7 Å². The van der Waals surface area contributed by atoms with Crippen LogP contribution in [0.2, 0.25) is 0 Å². The second kappa shape index (κ2) is 4.43. The fraction of sp³-hybridized carbons (Fsp3) is 0.727. The monoisotopic (exact) mass is 224 g/mol. The van der Waals surface area contributed by atoms with Crippen molar-refractivity contribution in [2.24, 2.45) is 12.8 Å². The van der Waals surface area contributed by atoms with Crippen molar-refractivity contribution in [1.82, 2.24) is 9.78 Å². The van der Waals surface area contributed by atoms with E-state index in [0.29, 0.717) is 12.6 Å². The van der Waals surface area contributed by atoms with Crippen molar-refractivity contribution in [2.45, 2.75) is 26.4 Å². The maximum Gasteiger partial charge on any atom is 0.131 e. The van der Waals surface area contributed by atoms with Crippen LogP contribution in [0.3, 0.4) is 0 Å². The first kappa shape index (κ1) is 11.4. The van der Waals surface area contributed by atoms with E-state index < -0.39 is 0 Å². The highest BCUT2D eigenvalue weighted by Gasteiger charge is 2.25. The summed E-state index contributed by atoms with van der Waals surface area (Å²) >= 11 is 0. The van der Waals surface area contributed by atoms with Crippen molar-refractivity contribution in [2.75, 3.05) is 24.7 Å². The minimum atomic E-state index is 0.383. The summed E-state index contributed by atoms with van der Waals surface area (Å²) in [5, 5.41) is 4.45. The molecule has 0 saturated carbocycles. The van der Waals surface area contributed by atoms with Crippen molar-refractivity contribution >= 4 is 5.82 Å². The number of nitrogens with two attached hydrogens (primary N) is 1. The van der Waals surface area contributed by atoms with Gasteiger partial charge in [-0.05, 0) is 13.8 Å². The Morgan fingerprint density at radius 3 is 2.94 bits per heavy atom. The van der Waals surface area contributed by atoms with Crippen molar-refractivity contribution in [3.8, 4) is 0 Å². The first-order chi connectivity index (χ1) is 7.65. The molecule has 1 aliphatic rings. The molecule has 5 heteroatoms. The number of anilines is 1. The third kappa shape index (κ3) is 1.81. The van der Waals surface area contributed by atoms with E-state index in [4.69, 9.17) is 10.5 Å². The van der Waals surface area contributed by atoms with Crippen molar-refractivity contribution in [1.29, 1.82) is 0 Å². The number of aromatic nitrogens is 2. The summed E-state index contributed by atoms with van der Waals surface area (Å²) in [7, 11) is 1.98. The molecule has 0 aromatic carbocycles. The summed E-state index contributed by atoms with van der Waals surface area (Å²) in [6.45, 7) is 7.18. The Balaban J connectivity index is 2.37. The first-order valence-corrected chi connectivity index (χ1v) is 5.72. The van der Waals surface area contributed by atoms with Gasteiger partial charge in [0.25, 0.3) is 0 Å². The second-order valence-electron chi connectivity index (χ2n) is 4.33. The van der Waals surface area contributed by atoms with Crippen LogP contribution < -0.4 is 10.6 Å². The smallest absolute Gasteiger partial charge is 0.131 e. The molecule has 2 rings (SSSR count). The zero-order valence-electron chi connectivity index (χ0n) is 10.2. The maximum absolute atomic E-state index is 5.81. The first-order valence-electron chi connectivity index (χ1n) is 5.72. The normalized spacial score (nSPS) is 21.5. The minimum absolute atomic E-state index is 0.383. The predicted octanol–water partition coefficient (Wildman–Crippen LogP) is 0.412. The molecular weight excluding hydrogens is 204 g/mol. The van der Waals surface area contributed by atoms with E-state index in [2.05, 4.69) is 16.9 Å². The zero-order chi connectivity index (χ0) is 11.7. The molecule has 90 valence electrons. The summed E-state index contributed by atoms with van der Waals surface area (Å²) in [6.07, 6.45) is 0. The molecule has 0 radical (unpaired) electrons. The van der Waals surface area contributed by atoms with Crippen LogP contribution in [-0.4, -0.2) is 35.6 Å². The lowest BCUT2D eigenvalue weighted by atomic mass is 10.2. The number of rotatable bonds is 2. The lowest BCUT2D eigenvalue weighted by Gasteiger charge is -2.35. The quantitative estimate of drug-likeness (QED) is 0.790. The number of ether oxygens (including phenoxy) is 1. The van der Waals surface area contributed by atoms with Crippen LogP contribution in [0.4, 0.5) is 5.82 Å². The Morgan fingerprint density at radius 2 is 2.31 bits per heavy atom. The highest BCUT2D eigenvalue weighted by molar-refractivity contribution is 5.51. The van der Waals surface area contributed by atoms with Gasteiger partial charge in [0.1, 0.15) is 5.82 Å². The maximum atomic E-state index is 5.81. The van der Waals surface area contributed by atoms with Crippen LogP contribution in [0.1, 0.15) is 18.2 Å². The van der Waals surface area contributed by atoms with Gasteiger partial charge in [-0.3, -0.25) is 4.68 Å². The summed E-state index contributed by atoms with van der Waals surface area (Å²) in [6, 6.07) is 0.383. The molecule has 1 aromatic heterocycles. The summed E-state index contributed by atoms with van der Waals surface area (Å²) in [4.78, 5) is 2.34. The van der Waals surface area contributed by atoms with Crippen molar-refractivity contribution in [3.63, 3.8) is 0 Å². The lowest BCUT2D eigenvalue weighted by molar-refractivity contribution is 0.0980. The summed E-state index contributed by atoms with van der Waals surface area (Å²) in [5.41, 5.74) is 7.98. The van der Waals surface area contributed by atoms with Gasteiger partial charge in [0.05, 0.1) is 24.9 Å². The van der Waals surface area contributed by atoms with Gasteiger partial charge in [-0.15, -0.1) is 0 Å². The largest absolute Gasteiger partial charge is 0.377 e. The molecule has 0 aliphatic carbocycles. The van der Waals surface area contributed by atoms with Crippen LogP contribution in [0, 0.1) is 6.92 Å². The standard InChI is InChI=1S/C11H20N4O/c1-8-7-16-5-4-15(8)11-10(6-12)9(2)13-14(11)3/h8H,4-7,12H2,1-3H3. The Morgan fingerprint density at radius 1 is 1.56 bits per heavy atom. The van der Waals surface area contributed by atoms with Crippen LogP contribution in [0.5, 0.6) is 0 Å². The fourth-order valence-corrected chi connectivity index (χ4v) is 2.33. The molecule has 0 amide bonds. The van der Waals surface area contributed by atoms with Crippen LogP contribution in [0.15, 0.2) is 0 Å². The van der Waals surface area contributed by atoms with Gasteiger partial charge >= 0.3 is 0 Å². The summed E-state index contributed by atoms with van der Waals surface area (Å²) in [5.74, 6) is 1.15. The molecule has 5 nitrogen and oxygen atoms in total. The number of aryl methyl sites for hydroxylation is 2. The molecule has 0 spiro atoms. The number of hydrogen-bond donors (Lipinski definition) is 1. The van der Waals surface area contributed by atoms with E-state index in [-0.39, 0.29) is 0 Å². The van der Waals surface area contributed by atoms with Crippen molar-refractivity contribution < 1.29 is 4.74 Å². The van der Waals surface area contributed by atoms with Gasteiger partial charge in [0.15, 0.2) is 0 Å². The zero-order valence-corrected chi connectivity index (χ0v) is 10.2. The third-order valence-corrected chi connectivity index (χ3v) is 3.16. The molecule has 1 unspecified atom stereocenters. The van der Waals surface area contributed by atoms with Crippen molar-refractivity contribution in [3.05, 3.63) is 11.3 Å². The minimum Gasteiger partial charge on any atom is -0.377 e. The molecule has 1 atom stereocenters. The number of hydrogen-bond acceptors (Lipinski definition) is 4. The van der Waals surface area contributed by atoms with E-state index >= 15 is 0 Å². The molecular formula is C11H20N4O. The van der Waals surface area contributed by atoms with Crippen LogP contribution in [-0.2, 0) is 18.3 Å². The van der Waals surface area contributed by atoms with Gasteiger partial charge in [-0.25, -0.2) is 0 Å². The number of morpholine rings is 1. The Labute approximate surface area is 96.2 Å². The van der Waals surface area contributed by atoms with Gasteiger partial charge in [-0.2, -0.15) is 5.10 Å². The Hall–Kier alpha value is -1.07. The summed E-state index contributed by atoms with van der Waals surface area (Å²) < 4.78 is 7.38. The number of nitrogens with zero attached hydrogens (tertiary/aromatic N) is 3. The second-order valence-corrected chi connectivity index (χ2v) is 4.33. The van der Waals surface area contributed by atoms with E-state index in [1.165, 1.54) is 0 Å². The Kier molecular flexibility index (Phi) is 3.16. The van der Waals surface area contributed by atoms with Gasteiger partial charge in [0, 0.05) is 25.7 Å². The van der Waals surface area contributed by atoms with Crippen LogP contribution in [0.25, 0.3) is 0 Å². The predicted molar refractivity (Wildman–Crippen MR) is 63.5 cm³/mol. The Bertz CT molecular complexity index is 374. The highest BCUT2D eigenvalue weighted by atomic mass is 16.5. The molecule has 1 saturated heterocycles. The van der Waals surface area contributed by atoms with E-state index in [0.717, 1.165) is 36.8 Å². The van der Waals surface area contributed by atoms with E-state index in [9.17, 15) is 0 Å². The van der Waals surface area contributed by atoms with Crippen LogP contribution >= 0.6 is 0 Å². The fourth-order valence-electron chi connectivity index (χ4n) is 2.33. The van der Waals surface area contributed by atoms with Gasteiger partial charge in [-0.1, -0.05) is 0 Å². The molecule has 1 fully saturated rings. The molecule has 1 aromatic rings. The van der Waals surface area contributed by atoms with E-state index in [1.54, 1.807) is 0 Å². The van der Waals surface area contributed by atoms with Gasteiger partial charge < -0.3 is 15.4 Å². The topological polar surface area (TPSA) is 56.3 Å². The SMILES string of the molecule is Cc1nn(C)c(N2CCOCC2C)c1CN. The molecule has 2 N–H and O–H groups in total. The highest BCUT2D eigenvalue weighted by Crippen LogP contribution is 2.25. The third-order valence-electron chi connectivity index (χ3n) is 3.16. The lowest BCUT2D eigenvalue weighted by Crippen LogP contribution is -2.45.